The summed E-state index contributed by atoms with van der Waals surface area (Å²) >= 11 is 0. The van der Waals surface area contributed by atoms with E-state index in [0.717, 1.165) is 11.6 Å². The molecule has 0 spiro atoms. The first kappa shape index (κ1) is 24.7. The van der Waals surface area contributed by atoms with Crippen LogP contribution in [0.2, 0.25) is 0 Å². The third kappa shape index (κ3) is 6.77. The van der Waals surface area contributed by atoms with E-state index in [4.69, 9.17) is 9.47 Å². The van der Waals surface area contributed by atoms with Crippen molar-refractivity contribution in [1.82, 2.24) is 5.43 Å². The molecule has 0 bridgehead atoms. The first-order valence-corrected chi connectivity index (χ1v) is 10.9. The molecule has 0 saturated heterocycles. The molecule has 0 radical (unpaired) electrons. The lowest BCUT2D eigenvalue weighted by Crippen LogP contribution is -2.26. The topological polar surface area (TPSA) is 115 Å². The molecule has 2 amide bonds. The van der Waals surface area contributed by atoms with Crippen LogP contribution in [0.1, 0.15) is 48.2 Å². The van der Waals surface area contributed by atoms with Crippen molar-refractivity contribution < 1.29 is 33.0 Å². The minimum atomic E-state index is -0.735. The Balaban J connectivity index is 1.60. The molecule has 0 fully saturated rings. The first-order valence-electron chi connectivity index (χ1n) is 10.9. The maximum atomic E-state index is 14.5. The van der Waals surface area contributed by atoms with Crippen molar-refractivity contribution in [1.29, 1.82) is 0 Å². The zero-order valence-electron chi connectivity index (χ0n) is 18.9. The first-order chi connectivity index (χ1) is 16.4. The molecule has 2 N–H and O–H groups in total. The number of nitrogens with one attached hydrogen (secondary N) is 2. The van der Waals surface area contributed by atoms with Crippen LogP contribution in [0.5, 0.6) is 5.75 Å². The monoisotopic (exact) mass is 471 g/mol. The zero-order valence-corrected chi connectivity index (χ0v) is 18.9. The van der Waals surface area contributed by atoms with Gasteiger partial charge in [0.2, 0.25) is 0 Å². The van der Waals surface area contributed by atoms with Crippen LogP contribution in [0.4, 0.5) is 14.9 Å². The van der Waals surface area contributed by atoms with E-state index in [0.29, 0.717) is 36.4 Å². The molecular formula is C24H26FN3O6. The van der Waals surface area contributed by atoms with Gasteiger partial charge in [0.05, 0.1) is 31.4 Å². The SMILES string of the molecule is CCOC(=O)CC1CCc2cc(NC(=O)c3ccc(C=NNC(=O)OCC)cc3F)ccc2O1. The van der Waals surface area contributed by atoms with Gasteiger partial charge >= 0.3 is 12.1 Å². The van der Waals surface area contributed by atoms with Gasteiger partial charge in [-0.25, -0.2) is 14.6 Å². The van der Waals surface area contributed by atoms with Crippen molar-refractivity contribution in [3.63, 3.8) is 0 Å². The standard InChI is InChI=1S/C24H26FN3O6/c1-3-32-22(29)13-18-8-6-16-12-17(7-10-21(16)34-18)27-23(30)19-9-5-15(11-20(19)25)14-26-28-24(31)33-4-2/h5,7,9-12,14,18H,3-4,6,8,13H2,1-2H3,(H,27,30)(H,28,31). The van der Waals surface area contributed by atoms with E-state index in [-0.39, 0.29) is 30.7 Å². The molecule has 2 aromatic carbocycles. The molecule has 0 saturated carbocycles. The summed E-state index contributed by atoms with van der Waals surface area (Å²) in [6.07, 6.45) is 1.76. The van der Waals surface area contributed by atoms with Crippen LogP contribution in [-0.4, -0.2) is 43.5 Å². The van der Waals surface area contributed by atoms with E-state index >= 15 is 0 Å². The number of amides is 2. The Kier molecular flexibility index (Phi) is 8.55. The lowest BCUT2D eigenvalue weighted by atomic mass is 10.00. The molecule has 10 heteroatoms. The summed E-state index contributed by atoms with van der Waals surface area (Å²) in [6.45, 7) is 3.94. The number of hydrogen-bond acceptors (Lipinski definition) is 7. The number of halogens is 1. The van der Waals surface area contributed by atoms with E-state index in [9.17, 15) is 18.8 Å². The fraction of sp³-hybridized carbons (Fsp3) is 0.333. The summed E-state index contributed by atoms with van der Waals surface area (Å²) in [5.41, 5.74) is 3.74. The van der Waals surface area contributed by atoms with Crippen LogP contribution in [-0.2, 0) is 20.7 Å². The Morgan fingerprint density at radius 1 is 1.15 bits per heavy atom. The summed E-state index contributed by atoms with van der Waals surface area (Å²) in [6, 6.07) is 9.11. The van der Waals surface area contributed by atoms with Gasteiger partial charge in [-0.1, -0.05) is 6.07 Å². The van der Waals surface area contributed by atoms with E-state index in [1.165, 1.54) is 18.3 Å². The number of rotatable bonds is 8. The number of fused-ring (bicyclic) bond motifs is 1. The summed E-state index contributed by atoms with van der Waals surface area (Å²) in [5.74, 6) is -0.998. The third-order valence-corrected chi connectivity index (χ3v) is 4.93. The highest BCUT2D eigenvalue weighted by atomic mass is 19.1. The average molecular weight is 471 g/mol. The van der Waals surface area contributed by atoms with Crippen LogP contribution in [0.3, 0.4) is 0 Å². The summed E-state index contributed by atoms with van der Waals surface area (Å²) in [4.78, 5) is 35.4. The normalized spacial score (nSPS) is 14.6. The second kappa shape index (κ2) is 11.8. The largest absolute Gasteiger partial charge is 0.490 e. The second-order valence-electron chi connectivity index (χ2n) is 7.39. The van der Waals surface area contributed by atoms with E-state index in [1.54, 1.807) is 32.0 Å². The molecule has 180 valence electrons. The number of nitrogens with zero attached hydrogens (tertiary/aromatic N) is 1. The number of carbonyl (C=O) groups excluding carboxylic acids is 3. The van der Waals surface area contributed by atoms with Crippen molar-refractivity contribution in [2.24, 2.45) is 5.10 Å². The molecule has 0 aliphatic carbocycles. The quantitative estimate of drug-likeness (QED) is 0.344. The zero-order chi connectivity index (χ0) is 24.5. The van der Waals surface area contributed by atoms with Gasteiger partial charge in [0.1, 0.15) is 17.7 Å². The molecule has 1 heterocycles. The molecule has 1 aliphatic heterocycles. The van der Waals surface area contributed by atoms with Crippen LogP contribution >= 0.6 is 0 Å². The van der Waals surface area contributed by atoms with Crippen LogP contribution < -0.4 is 15.5 Å². The smallest absolute Gasteiger partial charge is 0.427 e. The van der Waals surface area contributed by atoms with E-state index in [2.05, 4.69) is 20.6 Å². The highest BCUT2D eigenvalue weighted by Gasteiger charge is 2.23. The molecule has 1 unspecified atom stereocenters. The number of hydrogen-bond donors (Lipinski definition) is 2. The maximum Gasteiger partial charge on any atom is 0.427 e. The molecule has 0 aromatic heterocycles. The second-order valence-corrected chi connectivity index (χ2v) is 7.39. The third-order valence-electron chi connectivity index (χ3n) is 4.93. The van der Waals surface area contributed by atoms with Gasteiger partial charge in [-0.15, -0.1) is 0 Å². The number of ether oxygens (including phenoxy) is 3. The number of anilines is 1. The van der Waals surface area contributed by atoms with Crippen molar-refractivity contribution in [2.75, 3.05) is 18.5 Å². The minimum absolute atomic E-state index is 0.140. The molecule has 1 atom stereocenters. The Hall–Kier alpha value is -3.95. The van der Waals surface area contributed by atoms with E-state index in [1.807, 2.05) is 0 Å². The number of benzene rings is 2. The van der Waals surface area contributed by atoms with Crippen molar-refractivity contribution in [3.8, 4) is 5.75 Å². The van der Waals surface area contributed by atoms with Crippen LogP contribution in [0.25, 0.3) is 0 Å². The summed E-state index contributed by atoms with van der Waals surface area (Å²) < 4.78 is 30.0. The van der Waals surface area contributed by atoms with Gasteiger partial charge in [0, 0.05) is 5.69 Å². The number of aryl methyl sites for hydroxylation is 1. The molecular weight excluding hydrogens is 445 g/mol. The van der Waals surface area contributed by atoms with Gasteiger partial charge in [0.15, 0.2) is 0 Å². The van der Waals surface area contributed by atoms with Crippen LogP contribution in [0, 0.1) is 5.82 Å². The predicted octanol–water partition coefficient (Wildman–Crippen LogP) is 3.80. The number of carbonyl (C=O) groups is 3. The van der Waals surface area contributed by atoms with Gasteiger partial charge in [-0.2, -0.15) is 5.10 Å². The minimum Gasteiger partial charge on any atom is -0.490 e. The van der Waals surface area contributed by atoms with Gasteiger partial charge in [0.25, 0.3) is 5.91 Å². The Bertz CT molecular complexity index is 1090. The van der Waals surface area contributed by atoms with Crippen molar-refractivity contribution >= 4 is 29.9 Å². The van der Waals surface area contributed by atoms with Crippen LogP contribution in [0.15, 0.2) is 41.5 Å². The van der Waals surface area contributed by atoms with Crippen molar-refractivity contribution in [2.45, 2.75) is 39.2 Å². The summed E-state index contributed by atoms with van der Waals surface area (Å²) in [7, 11) is 0. The van der Waals surface area contributed by atoms with Gasteiger partial charge in [-0.05, 0) is 68.1 Å². The lowest BCUT2D eigenvalue weighted by molar-refractivity contribution is -0.145. The van der Waals surface area contributed by atoms with Gasteiger partial charge in [-0.3, -0.25) is 9.59 Å². The summed E-state index contributed by atoms with van der Waals surface area (Å²) in [5, 5.41) is 6.35. The number of esters is 1. The fourth-order valence-corrected chi connectivity index (χ4v) is 3.39. The Labute approximate surface area is 196 Å². The van der Waals surface area contributed by atoms with E-state index < -0.39 is 17.8 Å². The van der Waals surface area contributed by atoms with Crippen molar-refractivity contribution in [3.05, 3.63) is 58.9 Å². The molecule has 3 rings (SSSR count). The lowest BCUT2D eigenvalue weighted by Gasteiger charge is -2.26. The molecule has 2 aromatic rings. The van der Waals surface area contributed by atoms with Gasteiger partial charge < -0.3 is 19.5 Å². The number of hydrazone groups is 1. The average Bonchev–Trinajstić information content (AvgIpc) is 2.79. The highest BCUT2D eigenvalue weighted by molar-refractivity contribution is 6.04. The fourth-order valence-electron chi connectivity index (χ4n) is 3.39. The molecule has 34 heavy (non-hydrogen) atoms. The molecule has 1 aliphatic rings. The molecule has 9 nitrogen and oxygen atoms in total. The predicted molar refractivity (Wildman–Crippen MR) is 123 cm³/mol. The Morgan fingerprint density at radius 2 is 1.94 bits per heavy atom. The maximum absolute atomic E-state index is 14.5. The highest BCUT2D eigenvalue weighted by Crippen LogP contribution is 2.31. The Morgan fingerprint density at radius 3 is 2.68 bits per heavy atom.